The summed E-state index contributed by atoms with van der Waals surface area (Å²) in [6.07, 6.45) is -5.87. The van der Waals surface area contributed by atoms with Crippen LogP contribution >= 0.6 is 23.2 Å². The van der Waals surface area contributed by atoms with Gasteiger partial charge in [0.15, 0.2) is 11.6 Å². The highest BCUT2D eigenvalue weighted by atomic mass is 35.5. The molecule has 15 heteroatoms. The largest absolute Gasteiger partial charge is 0.390 e. The zero-order chi connectivity index (χ0) is 27.1. The Kier molecular flexibility index (Phi) is 7.12. The molecule has 0 atom stereocenters. The molecule has 0 aliphatic rings. The number of hydrogen-bond acceptors (Lipinski definition) is 4. The highest BCUT2D eigenvalue weighted by Crippen LogP contribution is 2.31. The van der Waals surface area contributed by atoms with Crippen molar-refractivity contribution < 1.29 is 26.3 Å². The van der Waals surface area contributed by atoms with Crippen LogP contribution in [-0.4, -0.2) is 35.3 Å². The minimum atomic E-state index is -4.56. The molecule has 2 heterocycles. The molecule has 4 rings (SSSR count). The van der Waals surface area contributed by atoms with Crippen LogP contribution in [0.3, 0.4) is 0 Å². The summed E-state index contributed by atoms with van der Waals surface area (Å²) in [5.74, 6) is -5.99. The van der Waals surface area contributed by atoms with Gasteiger partial charge in [-0.25, -0.2) is 23.5 Å². The van der Waals surface area contributed by atoms with Crippen molar-refractivity contribution in [3.63, 3.8) is 0 Å². The van der Waals surface area contributed by atoms with Crippen molar-refractivity contribution in [3.05, 3.63) is 80.5 Å². The number of nitrogens with zero attached hydrogens (tertiary/aromatic N) is 6. The van der Waals surface area contributed by atoms with Crippen molar-refractivity contribution in [1.82, 2.24) is 29.1 Å². The van der Waals surface area contributed by atoms with Gasteiger partial charge in [0.1, 0.15) is 18.0 Å². The first-order valence-corrected chi connectivity index (χ1v) is 11.3. The Labute approximate surface area is 214 Å². The minimum absolute atomic E-state index is 0.108. The maximum atomic E-state index is 14.5. The van der Waals surface area contributed by atoms with E-state index in [0.29, 0.717) is 22.2 Å². The zero-order valence-corrected chi connectivity index (χ0v) is 20.3. The molecule has 0 fully saturated rings. The molecule has 37 heavy (non-hydrogen) atoms. The van der Waals surface area contributed by atoms with E-state index in [1.165, 1.54) is 36.4 Å². The smallest absolute Gasteiger partial charge is 0.275 e. The molecule has 0 saturated carbocycles. The summed E-state index contributed by atoms with van der Waals surface area (Å²) in [6.45, 7) is -0.825. The summed E-state index contributed by atoms with van der Waals surface area (Å²) < 4.78 is 83.9. The molecule has 196 valence electrons. The highest BCUT2D eigenvalue weighted by Gasteiger charge is 2.35. The summed E-state index contributed by atoms with van der Waals surface area (Å²) in [4.78, 5) is 16.8. The van der Waals surface area contributed by atoms with Crippen molar-refractivity contribution >= 4 is 23.2 Å². The molecule has 0 bridgehead atoms. The number of rotatable bonds is 7. The van der Waals surface area contributed by atoms with E-state index in [-0.39, 0.29) is 16.7 Å². The maximum Gasteiger partial charge on any atom is 0.390 e. The SMILES string of the molecule is CC(F)(F)c1nc(Cn2nc(-c3ccc(Cl)cc3)n(CCC(F)(F)F)c2=O)nn1-c1c(F)cccc1Cl. The molecule has 0 aliphatic heterocycles. The van der Waals surface area contributed by atoms with Crippen LogP contribution in [0.4, 0.5) is 26.3 Å². The third-order valence-electron chi connectivity index (χ3n) is 5.13. The molecule has 0 unspecified atom stereocenters. The third-order valence-corrected chi connectivity index (χ3v) is 5.69. The normalized spacial score (nSPS) is 12.4. The Morgan fingerprint density at radius 3 is 2.24 bits per heavy atom. The third kappa shape index (κ3) is 5.82. The van der Waals surface area contributed by atoms with E-state index in [2.05, 4.69) is 15.2 Å². The maximum absolute atomic E-state index is 14.5. The fourth-order valence-electron chi connectivity index (χ4n) is 3.48. The first kappa shape index (κ1) is 26.7. The van der Waals surface area contributed by atoms with Crippen LogP contribution in [0, 0.1) is 5.82 Å². The van der Waals surface area contributed by atoms with E-state index in [1.807, 2.05) is 0 Å². The molecule has 0 radical (unpaired) electrons. The Morgan fingerprint density at radius 2 is 1.65 bits per heavy atom. The fraction of sp³-hybridized carbons (Fsp3) is 0.273. The Balaban J connectivity index is 1.80. The van der Waals surface area contributed by atoms with Crippen molar-refractivity contribution in [3.8, 4) is 17.1 Å². The van der Waals surface area contributed by atoms with Gasteiger partial charge in [0.05, 0.1) is 11.4 Å². The van der Waals surface area contributed by atoms with E-state index in [0.717, 1.165) is 15.3 Å². The summed E-state index contributed by atoms with van der Waals surface area (Å²) in [7, 11) is 0. The first-order chi connectivity index (χ1) is 17.2. The van der Waals surface area contributed by atoms with E-state index in [4.69, 9.17) is 23.2 Å². The lowest BCUT2D eigenvalue weighted by atomic mass is 10.2. The van der Waals surface area contributed by atoms with E-state index in [9.17, 15) is 31.1 Å². The highest BCUT2D eigenvalue weighted by molar-refractivity contribution is 6.32. The number of benzene rings is 2. The van der Waals surface area contributed by atoms with Crippen molar-refractivity contribution in [2.24, 2.45) is 0 Å². The number of alkyl halides is 5. The van der Waals surface area contributed by atoms with E-state index >= 15 is 0 Å². The number of aromatic nitrogens is 6. The molecule has 7 nitrogen and oxygen atoms in total. The Hall–Kier alpha value is -3.32. The first-order valence-electron chi connectivity index (χ1n) is 10.5. The molecule has 2 aromatic heterocycles. The van der Waals surface area contributed by atoms with Gasteiger partial charge in [0, 0.05) is 24.1 Å². The summed E-state index contributed by atoms with van der Waals surface area (Å²) in [5.41, 5.74) is -1.15. The molecule has 0 aliphatic carbocycles. The quantitative estimate of drug-likeness (QED) is 0.264. The molecular weight excluding hydrogens is 549 g/mol. The molecule has 0 amide bonds. The predicted molar refractivity (Wildman–Crippen MR) is 123 cm³/mol. The second kappa shape index (κ2) is 9.86. The molecular formula is C22H16Cl2F6N6O. The zero-order valence-electron chi connectivity index (χ0n) is 18.8. The monoisotopic (exact) mass is 564 g/mol. The molecule has 0 N–H and O–H groups in total. The number of halogens is 8. The fourth-order valence-corrected chi connectivity index (χ4v) is 3.85. The van der Waals surface area contributed by atoms with Crippen LogP contribution in [0.25, 0.3) is 17.1 Å². The summed E-state index contributed by atoms with van der Waals surface area (Å²) in [5, 5.41) is 8.13. The summed E-state index contributed by atoms with van der Waals surface area (Å²) >= 11 is 11.9. The minimum Gasteiger partial charge on any atom is -0.275 e. The van der Waals surface area contributed by atoms with Gasteiger partial charge in [-0.05, 0) is 36.4 Å². The van der Waals surface area contributed by atoms with Gasteiger partial charge >= 0.3 is 17.8 Å². The molecule has 0 saturated heterocycles. The van der Waals surface area contributed by atoms with Crippen molar-refractivity contribution in [2.75, 3.05) is 0 Å². The van der Waals surface area contributed by atoms with E-state index < -0.39 is 54.6 Å². The van der Waals surface area contributed by atoms with Gasteiger partial charge in [-0.1, -0.05) is 29.3 Å². The second-order valence-corrected chi connectivity index (χ2v) is 8.85. The van der Waals surface area contributed by atoms with Crippen molar-refractivity contribution in [2.45, 2.75) is 38.5 Å². The predicted octanol–water partition coefficient (Wildman–Crippen LogP) is 5.85. The topological polar surface area (TPSA) is 70.5 Å². The van der Waals surface area contributed by atoms with Gasteiger partial charge in [0.25, 0.3) is 0 Å². The number of para-hydroxylation sites is 1. The van der Waals surface area contributed by atoms with Gasteiger partial charge < -0.3 is 0 Å². The lowest BCUT2D eigenvalue weighted by Crippen LogP contribution is -2.27. The van der Waals surface area contributed by atoms with Gasteiger partial charge in [0.2, 0.25) is 5.82 Å². The van der Waals surface area contributed by atoms with Crippen LogP contribution in [0.1, 0.15) is 25.0 Å². The average Bonchev–Trinajstić information content (AvgIpc) is 3.34. The van der Waals surface area contributed by atoms with Crippen LogP contribution < -0.4 is 5.69 Å². The summed E-state index contributed by atoms with van der Waals surface area (Å²) in [6, 6.07) is 9.38. The lowest BCUT2D eigenvalue weighted by molar-refractivity contribution is -0.136. The van der Waals surface area contributed by atoms with Crippen LogP contribution in [-0.2, 0) is 19.0 Å². The van der Waals surface area contributed by atoms with Crippen LogP contribution in [0.5, 0.6) is 0 Å². The average molecular weight is 565 g/mol. The van der Waals surface area contributed by atoms with Gasteiger partial charge in [-0.3, -0.25) is 4.57 Å². The molecule has 2 aromatic carbocycles. The Bertz CT molecular complexity index is 1470. The molecule has 0 spiro atoms. The lowest BCUT2D eigenvalue weighted by Gasteiger charge is -2.12. The van der Waals surface area contributed by atoms with E-state index in [1.54, 1.807) is 0 Å². The standard InChI is InChI=1S/C22H16Cl2F6N6O/c1-21(26,27)19-31-16(32-36(19)17-14(24)3-2-4-15(17)25)11-35-20(37)34(10-9-22(28,29)30)18(33-35)12-5-7-13(23)8-6-12/h2-8H,9-11H2,1H3. The van der Waals surface area contributed by atoms with Crippen molar-refractivity contribution in [1.29, 1.82) is 0 Å². The molecule has 4 aromatic rings. The van der Waals surface area contributed by atoms with Crippen LogP contribution in [0.15, 0.2) is 47.3 Å². The van der Waals surface area contributed by atoms with Gasteiger partial charge in [-0.15, -0.1) is 10.2 Å². The van der Waals surface area contributed by atoms with Crippen LogP contribution in [0.2, 0.25) is 10.0 Å². The number of hydrogen-bond donors (Lipinski definition) is 0. The van der Waals surface area contributed by atoms with Gasteiger partial charge in [-0.2, -0.15) is 22.0 Å². The second-order valence-electron chi connectivity index (χ2n) is 8.01. The Morgan fingerprint density at radius 1 is 0.973 bits per heavy atom.